The largest absolute Gasteiger partial charge is 0.354 e. The van der Waals surface area contributed by atoms with Gasteiger partial charge in [0.15, 0.2) is 0 Å². The van der Waals surface area contributed by atoms with Crippen LogP contribution in [0.4, 0.5) is 0 Å². The molecule has 1 heterocycles. The Hall–Kier alpha value is -2.26. The van der Waals surface area contributed by atoms with Crippen LogP contribution in [0.3, 0.4) is 0 Å². The van der Waals surface area contributed by atoms with E-state index in [0.29, 0.717) is 24.1 Å². The normalized spacial score (nSPS) is 15.3. The van der Waals surface area contributed by atoms with Crippen LogP contribution in [0.25, 0.3) is 0 Å². The highest BCUT2D eigenvalue weighted by Gasteiger charge is 2.43. The van der Waals surface area contributed by atoms with Crippen molar-refractivity contribution in [1.29, 1.82) is 0 Å². The number of benzene rings is 1. The molecule has 0 saturated carbocycles. The van der Waals surface area contributed by atoms with Crippen molar-refractivity contribution in [2.45, 2.75) is 33.2 Å². The van der Waals surface area contributed by atoms with Gasteiger partial charge in [0.2, 0.25) is 15.9 Å². The van der Waals surface area contributed by atoms with Crippen molar-refractivity contribution < 1.29 is 22.8 Å². The molecule has 1 aromatic rings. The van der Waals surface area contributed by atoms with Crippen LogP contribution in [0.5, 0.6) is 0 Å². The number of nitrogens with one attached hydrogen (secondary N) is 1. The number of hydrogen-bond donors (Lipinski definition) is 1. The summed E-state index contributed by atoms with van der Waals surface area (Å²) in [6, 6.07) is 5.59. The van der Waals surface area contributed by atoms with Gasteiger partial charge >= 0.3 is 0 Å². The van der Waals surface area contributed by atoms with Crippen LogP contribution >= 0.6 is 0 Å². The van der Waals surface area contributed by atoms with E-state index in [1.165, 1.54) is 4.31 Å². The Bertz CT molecular complexity index is 831. The van der Waals surface area contributed by atoms with E-state index in [2.05, 4.69) is 5.32 Å². The Labute approximate surface area is 165 Å². The second kappa shape index (κ2) is 8.83. The highest BCUT2D eigenvalue weighted by atomic mass is 32.2. The molecule has 0 saturated heterocycles. The minimum Gasteiger partial charge on any atom is -0.354 e. The van der Waals surface area contributed by atoms with Crippen molar-refractivity contribution in [2.24, 2.45) is 5.92 Å². The van der Waals surface area contributed by atoms with E-state index in [9.17, 15) is 22.8 Å². The fourth-order valence-corrected chi connectivity index (χ4v) is 4.24. The number of sulfonamides is 1. The van der Waals surface area contributed by atoms with Gasteiger partial charge in [0.25, 0.3) is 11.8 Å². The minimum atomic E-state index is -3.28. The Morgan fingerprint density at radius 3 is 2.11 bits per heavy atom. The summed E-state index contributed by atoms with van der Waals surface area (Å²) in [4.78, 5) is 39.1. The van der Waals surface area contributed by atoms with E-state index in [1.807, 2.05) is 0 Å². The zero-order valence-electron chi connectivity index (χ0n) is 16.6. The van der Waals surface area contributed by atoms with Crippen LogP contribution in [0.2, 0.25) is 0 Å². The summed E-state index contributed by atoms with van der Waals surface area (Å²) in [5, 5.41) is 2.73. The van der Waals surface area contributed by atoms with Crippen LogP contribution in [-0.4, -0.2) is 67.3 Å². The summed E-state index contributed by atoms with van der Waals surface area (Å²) < 4.78 is 24.5. The average molecular weight is 410 g/mol. The second-order valence-electron chi connectivity index (χ2n) is 7.11. The van der Waals surface area contributed by atoms with Crippen LogP contribution in [0, 0.1) is 5.92 Å². The first-order valence-corrected chi connectivity index (χ1v) is 11.1. The molecule has 3 amide bonds. The standard InChI is InChI=1S/C19H27N3O5S/c1-5-21(28(4,26)27)12-8-11-20-17(23)16(13(2)3)22-18(24)14-9-6-7-10-15(14)19(22)25/h6-7,9-10,13,16H,5,8,11-12H2,1-4H3,(H,20,23). The SMILES string of the molecule is CCN(CCCNC(=O)C(C(C)C)N1C(=O)c2ccccc2C1=O)S(C)(=O)=O. The zero-order valence-corrected chi connectivity index (χ0v) is 17.5. The third-order valence-corrected chi connectivity index (χ3v) is 6.09. The molecule has 1 unspecified atom stereocenters. The third kappa shape index (κ3) is 4.59. The van der Waals surface area contributed by atoms with Gasteiger partial charge in [-0.2, -0.15) is 0 Å². The number of imide groups is 1. The molecular weight excluding hydrogens is 382 g/mol. The predicted octanol–water partition coefficient (Wildman–Crippen LogP) is 1.09. The van der Waals surface area contributed by atoms with E-state index in [1.54, 1.807) is 45.0 Å². The number of rotatable bonds is 9. The fraction of sp³-hybridized carbons (Fsp3) is 0.526. The Kier molecular flexibility index (Phi) is 6.95. The first-order valence-electron chi connectivity index (χ1n) is 9.29. The number of carbonyl (C=O) groups is 3. The Morgan fingerprint density at radius 1 is 1.14 bits per heavy atom. The van der Waals surface area contributed by atoms with Gasteiger partial charge in [0.1, 0.15) is 6.04 Å². The Morgan fingerprint density at radius 2 is 1.68 bits per heavy atom. The molecule has 28 heavy (non-hydrogen) atoms. The molecule has 154 valence electrons. The van der Waals surface area contributed by atoms with Crippen molar-refractivity contribution in [3.63, 3.8) is 0 Å². The molecule has 9 heteroatoms. The monoisotopic (exact) mass is 409 g/mol. The molecule has 1 N–H and O–H groups in total. The minimum absolute atomic E-state index is 0.247. The molecule has 1 aliphatic heterocycles. The van der Waals surface area contributed by atoms with Crippen molar-refractivity contribution in [3.05, 3.63) is 35.4 Å². The predicted molar refractivity (Wildman–Crippen MR) is 105 cm³/mol. The molecule has 0 aromatic heterocycles. The zero-order chi connectivity index (χ0) is 21.1. The maximum atomic E-state index is 12.7. The lowest BCUT2D eigenvalue weighted by Gasteiger charge is -2.28. The maximum Gasteiger partial charge on any atom is 0.262 e. The van der Waals surface area contributed by atoms with Gasteiger partial charge in [-0.15, -0.1) is 0 Å². The molecule has 0 aliphatic carbocycles. The van der Waals surface area contributed by atoms with Gasteiger partial charge in [-0.05, 0) is 24.5 Å². The number of hydrogen-bond acceptors (Lipinski definition) is 5. The van der Waals surface area contributed by atoms with Crippen LogP contribution in [0.1, 0.15) is 47.9 Å². The highest BCUT2D eigenvalue weighted by molar-refractivity contribution is 7.88. The van der Waals surface area contributed by atoms with E-state index in [-0.39, 0.29) is 19.0 Å². The second-order valence-corrected chi connectivity index (χ2v) is 9.10. The smallest absolute Gasteiger partial charge is 0.262 e. The fourth-order valence-electron chi connectivity index (χ4n) is 3.31. The summed E-state index contributed by atoms with van der Waals surface area (Å²) in [6.45, 7) is 6.19. The maximum absolute atomic E-state index is 12.7. The number of nitrogens with zero attached hydrogens (tertiary/aromatic N) is 2. The molecule has 1 aliphatic rings. The molecule has 1 aromatic carbocycles. The summed E-state index contributed by atoms with van der Waals surface area (Å²) in [6.07, 6.45) is 1.58. The number of amides is 3. The van der Waals surface area contributed by atoms with E-state index in [4.69, 9.17) is 0 Å². The molecular formula is C19H27N3O5S. The molecule has 0 fully saturated rings. The van der Waals surface area contributed by atoms with E-state index in [0.717, 1.165) is 11.2 Å². The summed E-state index contributed by atoms with van der Waals surface area (Å²) in [7, 11) is -3.28. The highest BCUT2D eigenvalue weighted by Crippen LogP contribution is 2.27. The topological polar surface area (TPSA) is 104 Å². The molecule has 0 spiro atoms. The lowest BCUT2D eigenvalue weighted by atomic mass is 10.0. The Balaban J connectivity index is 2.04. The molecule has 0 radical (unpaired) electrons. The van der Waals surface area contributed by atoms with Gasteiger partial charge in [-0.1, -0.05) is 32.9 Å². The summed E-state index contributed by atoms with van der Waals surface area (Å²) in [5.74, 6) is -1.63. The summed E-state index contributed by atoms with van der Waals surface area (Å²) in [5.41, 5.74) is 0.607. The molecule has 2 rings (SSSR count). The lowest BCUT2D eigenvalue weighted by Crippen LogP contribution is -2.52. The average Bonchev–Trinajstić information content (AvgIpc) is 2.86. The van der Waals surface area contributed by atoms with E-state index < -0.39 is 33.8 Å². The first kappa shape index (κ1) is 22.0. The quantitative estimate of drug-likeness (QED) is 0.486. The van der Waals surface area contributed by atoms with Crippen molar-refractivity contribution in [1.82, 2.24) is 14.5 Å². The van der Waals surface area contributed by atoms with Crippen molar-refractivity contribution in [2.75, 3.05) is 25.9 Å². The van der Waals surface area contributed by atoms with Gasteiger partial charge in [-0.3, -0.25) is 19.3 Å². The number of carbonyl (C=O) groups excluding carboxylic acids is 3. The summed E-state index contributed by atoms with van der Waals surface area (Å²) >= 11 is 0. The van der Waals surface area contributed by atoms with Gasteiger partial charge < -0.3 is 5.32 Å². The third-order valence-electron chi connectivity index (χ3n) is 4.71. The van der Waals surface area contributed by atoms with Gasteiger partial charge in [-0.25, -0.2) is 12.7 Å². The number of fused-ring (bicyclic) bond motifs is 1. The van der Waals surface area contributed by atoms with E-state index >= 15 is 0 Å². The molecule has 0 bridgehead atoms. The first-order chi connectivity index (χ1) is 13.1. The molecule has 8 nitrogen and oxygen atoms in total. The van der Waals surface area contributed by atoms with Crippen molar-refractivity contribution in [3.8, 4) is 0 Å². The van der Waals surface area contributed by atoms with Crippen molar-refractivity contribution >= 4 is 27.7 Å². The van der Waals surface area contributed by atoms with Crippen LogP contribution in [-0.2, 0) is 14.8 Å². The van der Waals surface area contributed by atoms with Crippen LogP contribution < -0.4 is 5.32 Å². The lowest BCUT2D eigenvalue weighted by molar-refractivity contribution is -0.126. The van der Waals surface area contributed by atoms with Gasteiger partial charge in [0, 0.05) is 19.6 Å². The van der Waals surface area contributed by atoms with Crippen LogP contribution in [0.15, 0.2) is 24.3 Å². The van der Waals surface area contributed by atoms with Gasteiger partial charge in [0.05, 0.1) is 17.4 Å². The molecule has 1 atom stereocenters.